The van der Waals surface area contributed by atoms with E-state index in [-0.39, 0.29) is 5.91 Å². The summed E-state index contributed by atoms with van der Waals surface area (Å²) < 4.78 is 5.23. The van der Waals surface area contributed by atoms with Gasteiger partial charge in [0.1, 0.15) is 5.75 Å². The second-order valence-electron chi connectivity index (χ2n) is 6.07. The molecule has 1 aromatic carbocycles. The van der Waals surface area contributed by atoms with Gasteiger partial charge in [-0.2, -0.15) is 0 Å². The Hall–Kier alpha value is -2.34. The number of benzene rings is 1. The molecule has 0 spiro atoms. The number of hydrogen-bond acceptors (Lipinski definition) is 5. The Morgan fingerprint density at radius 2 is 1.92 bits per heavy atom. The highest BCUT2D eigenvalue weighted by molar-refractivity contribution is 6.31. The predicted molar refractivity (Wildman–Crippen MR) is 98.5 cm³/mol. The Balaban J connectivity index is 1.65. The van der Waals surface area contributed by atoms with Gasteiger partial charge in [-0.15, -0.1) is 0 Å². The second-order valence-corrected chi connectivity index (χ2v) is 6.51. The number of rotatable bonds is 5. The maximum Gasteiger partial charge on any atom is 0.258 e. The standard InChI is InChI=1S/C18H21ClN4O2/c1-25-16-8-7-13(19)9-15(16)23-17(24)12-10-20-18(21-11-12)22-14-5-3-2-4-6-14/h7-11,14H,2-6H2,1H3,(H,23,24)(H,20,21,22). The highest BCUT2D eigenvalue weighted by Gasteiger charge is 2.15. The van der Waals surface area contributed by atoms with E-state index in [4.69, 9.17) is 16.3 Å². The molecular weight excluding hydrogens is 340 g/mol. The summed E-state index contributed by atoms with van der Waals surface area (Å²) in [4.78, 5) is 20.9. The monoisotopic (exact) mass is 360 g/mol. The number of carbonyl (C=O) groups is 1. The Kier molecular flexibility index (Phi) is 5.71. The van der Waals surface area contributed by atoms with Crippen LogP contribution in [0.2, 0.25) is 5.02 Å². The molecule has 1 aliphatic rings. The molecule has 7 heteroatoms. The number of ether oxygens (including phenoxy) is 1. The summed E-state index contributed by atoms with van der Waals surface area (Å²) in [5.41, 5.74) is 0.876. The maximum atomic E-state index is 12.4. The average Bonchev–Trinajstić information content (AvgIpc) is 2.63. The molecule has 1 heterocycles. The van der Waals surface area contributed by atoms with Crippen molar-refractivity contribution in [3.05, 3.63) is 41.2 Å². The van der Waals surface area contributed by atoms with E-state index in [0.717, 1.165) is 12.8 Å². The number of halogens is 1. The number of aromatic nitrogens is 2. The minimum Gasteiger partial charge on any atom is -0.495 e. The lowest BCUT2D eigenvalue weighted by molar-refractivity contribution is 0.102. The molecule has 0 bridgehead atoms. The van der Waals surface area contributed by atoms with Crippen molar-refractivity contribution in [1.29, 1.82) is 0 Å². The molecule has 0 unspecified atom stereocenters. The van der Waals surface area contributed by atoms with E-state index < -0.39 is 0 Å². The molecule has 1 aromatic heterocycles. The van der Waals surface area contributed by atoms with Crippen molar-refractivity contribution >= 4 is 29.1 Å². The number of nitrogens with one attached hydrogen (secondary N) is 2. The summed E-state index contributed by atoms with van der Waals surface area (Å²) in [5.74, 6) is 0.780. The molecule has 1 amide bonds. The fourth-order valence-corrected chi connectivity index (χ4v) is 3.09. The van der Waals surface area contributed by atoms with Gasteiger partial charge in [-0.25, -0.2) is 9.97 Å². The molecule has 3 rings (SSSR count). The van der Waals surface area contributed by atoms with E-state index in [1.165, 1.54) is 38.8 Å². The molecule has 0 atom stereocenters. The molecule has 2 N–H and O–H groups in total. The smallest absolute Gasteiger partial charge is 0.258 e. The van der Waals surface area contributed by atoms with Gasteiger partial charge < -0.3 is 15.4 Å². The van der Waals surface area contributed by atoms with Crippen LogP contribution in [0.15, 0.2) is 30.6 Å². The third kappa shape index (κ3) is 4.60. The molecule has 132 valence electrons. The summed E-state index contributed by atoms with van der Waals surface area (Å²) in [6.07, 6.45) is 9.08. The summed E-state index contributed by atoms with van der Waals surface area (Å²) in [7, 11) is 1.54. The summed E-state index contributed by atoms with van der Waals surface area (Å²) in [6.45, 7) is 0. The van der Waals surface area contributed by atoms with Crippen molar-refractivity contribution in [1.82, 2.24) is 9.97 Å². The Morgan fingerprint density at radius 1 is 1.20 bits per heavy atom. The minimum absolute atomic E-state index is 0.315. The first-order valence-electron chi connectivity index (χ1n) is 8.39. The van der Waals surface area contributed by atoms with Crippen LogP contribution >= 0.6 is 11.6 Å². The first-order chi connectivity index (χ1) is 12.2. The molecule has 25 heavy (non-hydrogen) atoms. The van der Waals surface area contributed by atoms with Gasteiger partial charge in [0.05, 0.1) is 18.4 Å². The van der Waals surface area contributed by atoms with E-state index in [9.17, 15) is 4.79 Å². The van der Waals surface area contributed by atoms with Gasteiger partial charge >= 0.3 is 0 Å². The predicted octanol–water partition coefficient (Wildman–Crippen LogP) is 4.14. The van der Waals surface area contributed by atoms with E-state index in [1.807, 2.05) is 0 Å². The maximum absolute atomic E-state index is 12.4. The van der Waals surface area contributed by atoms with Gasteiger partial charge in [-0.1, -0.05) is 30.9 Å². The van der Waals surface area contributed by atoms with Crippen molar-refractivity contribution in [2.75, 3.05) is 17.7 Å². The van der Waals surface area contributed by atoms with Gasteiger partial charge in [-0.3, -0.25) is 4.79 Å². The van der Waals surface area contributed by atoms with Gasteiger partial charge in [0.2, 0.25) is 5.95 Å². The van der Waals surface area contributed by atoms with E-state index in [1.54, 1.807) is 18.2 Å². The van der Waals surface area contributed by atoms with Crippen LogP contribution < -0.4 is 15.4 Å². The van der Waals surface area contributed by atoms with Crippen molar-refractivity contribution < 1.29 is 9.53 Å². The minimum atomic E-state index is -0.315. The van der Waals surface area contributed by atoms with Gasteiger partial charge in [0.25, 0.3) is 5.91 Å². The Bertz CT molecular complexity index is 730. The molecular formula is C18H21ClN4O2. The van der Waals surface area contributed by atoms with E-state index in [0.29, 0.717) is 34.0 Å². The normalized spacial score (nSPS) is 14.8. The van der Waals surface area contributed by atoms with Crippen LogP contribution in [-0.2, 0) is 0 Å². The van der Waals surface area contributed by atoms with Crippen LogP contribution in [0.1, 0.15) is 42.5 Å². The Morgan fingerprint density at radius 3 is 2.60 bits per heavy atom. The number of amides is 1. The topological polar surface area (TPSA) is 76.1 Å². The van der Waals surface area contributed by atoms with Crippen LogP contribution in [0.4, 0.5) is 11.6 Å². The van der Waals surface area contributed by atoms with Gasteiger partial charge in [0.15, 0.2) is 0 Å². The highest BCUT2D eigenvalue weighted by Crippen LogP contribution is 2.28. The molecule has 0 saturated heterocycles. The molecule has 6 nitrogen and oxygen atoms in total. The van der Waals surface area contributed by atoms with Crippen molar-refractivity contribution in [2.24, 2.45) is 0 Å². The number of methoxy groups -OCH3 is 1. The zero-order chi connectivity index (χ0) is 17.6. The Labute approximate surface area is 152 Å². The highest BCUT2D eigenvalue weighted by atomic mass is 35.5. The molecule has 1 aliphatic carbocycles. The van der Waals surface area contributed by atoms with E-state index in [2.05, 4.69) is 20.6 Å². The lowest BCUT2D eigenvalue weighted by Crippen LogP contribution is -2.23. The zero-order valence-electron chi connectivity index (χ0n) is 14.1. The first kappa shape index (κ1) is 17.5. The molecule has 2 aromatic rings. The molecule has 0 aliphatic heterocycles. The third-order valence-corrected chi connectivity index (χ3v) is 4.50. The number of carbonyl (C=O) groups excluding carboxylic acids is 1. The summed E-state index contributed by atoms with van der Waals surface area (Å²) in [6, 6.07) is 5.46. The third-order valence-electron chi connectivity index (χ3n) is 4.26. The van der Waals surface area contributed by atoms with Crippen molar-refractivity contribution in [3.63, 3.8) is 0 Å². The number of anilines is 2. The van der Waals surface area contributed by atoms with Gasteiger partial charge in [-0.05, 0) is 31.0 Å². The largest absolute Gasteiger partial charge is 0.495 e. The molecule has 1 fully saturated rings. The van der Waals surface area contributed by atoms with Crippen LogP contribution in [0.25, 0.3) is 0 Å². The van der Waals surface area contributed by atoms with Gasteiger partial charge in [0, 0.05) is 23.5 Å². The average molecular weight is 361 g/mol. The van der Waals surface area contributed by atoms with Crippen molar-refractivity contribution in [2.45, 2.75) is 38.1 Å². The fourth-order valence-electron chi connectivity index (χ4n) is 2.92. The lowest BCUT2D eigenvalue weighted by Gasteiger charge is -2.22. The van der Waals surface area contributed by atoms with Crippen LogP contribution in [0, 0.1) is 0 Å². The molecule has 1 saturated carbocycles. The second kappa shape index (κ2) is 8.16. The quantitative estimate of drug-likeness (QED) is 0.838. The number of hydrogen-bond donors (Lipinski definition) is 2. The number of nitrogens with zero attached hydrogens (tertiary/aromatic N) is 2. The van der Waals surface area contributed by atoms with Crippen LogP contribution in [0.5, 0.6) is 5.75 Å². The van der Waals surface area contributed by atoms with Crippen molar-refractivity contribution in [3.8, 4) is 5.75 Å². The van der Waals surface area contributed by atoms with Crippen LogP contribution in [0.3, 0.4) is 0 Å². The lowest BCUT2D eigenvalue weighted by atomic mass is 9.96. The fraction of sp³-hybridized carbons (Fsp3) is 0.389. The summed E-state index contributed by atoms with van der Waals surface area (Å²) >= 11 is 5.98. The van der Waals surface area contributed by atoms with E-state index >= 15 is 0 Å². The molecule has 0 radical (unpaired) electrons. The zero-order valence-corrected chi connectivity index (χ0v) is 14.8. The first-order valence-corrected chi connectivity index (χ1v) is 8.77. The summed E-state index contributed by atoms with van der Waals surface area (Å²) in [5, 5.41) is 6.61. The SMILES string of the molecule is COc1ccc(Cl)cc1NC(=O)c1cnc(NC2CCCCC2)nc1. The van der Waals surface area contributed by atoms with Crippen LogP contribution in [-0.4, -0.2) is 29.0 Å².